The third-order valence-corrected chi connectivity index (χ3v) is 4.45. The Labute approximate surface area is 166 Å². The van der Waals surface area contributed by atoms with E-state index >= 15 is 0 Å². The minimum atomic E-state index is -0.717. The van der Waals surface area contributed by atoms with Gasteiger partial charge in [0.2, 0.25) is 0 Å². The maximum Gasteiger partial charge on any atom is 0.327 e. The van der Waals surface area contributed by atoms with E-state index in [0.717, 1.165) is 16.7 Å². The minimum Gasteiger partial charge on any atom is -0.292 e. The molecule has 2 N–H and O–H groups in total. The average molecular weight is 398 g/mol. The van der Waals surface area contributed by atoms with Crippen molar-refractivity contribution in [3.63, 3.8) is 0 Å². The van der Waals surface area contributed by atoms with Crippen molar-refractivity contribution in [2.45, 2.75) is 13.8 Å². The summed E-state index contributed by atoms with van der Waals surface area (Å²) in [6.45, 7) is 3.66. The van der Waals surface area contributed by atoms with Gasteiger partial charge in [0.1, 0.15) is 11.6 Å². The molecule has 0 saturated heterocycles. The van der Waals surface area contributed by atoms with Crippen LogP contribution in [0, 0.1) is 19.7 Å². The quantitative estimate of drug-likeness (QED) is 0.644. The lowest BCUT2D eigenvalue weighted by Crippen LogP contribution is -2.34. The molecule has 142 valence electrons. The van der Waals surface area contributed by atoms with Crippen LogP contribution in [0.25, 0.3) is 11.1 Å². The maximum atomic E-state index is 13.2. The number of carbonyl (C=O) groups excluding carboxylic acids is 2. The zero-order valence-electron chi connectivity index (χ0n) is 15.2. The number of urea groups is 1. The second-order valence-corrected chi connectivity index (χ2v) is 6.59. The van der Waals surface area contributed by atoms with Crippen LogP contribution in [-0.4, -0.2) is 16.9 Å². The van der Waals surface area contributed by atoms with Gasteiger partial charge in [0.25, 0.3) is 5.91 Å². The Balaban J connectivity index is 1.76. The molecule has 2 aromatic carbocycles. The number of halogens is 2. The van der Waals surface area contributed by atoms with Gasteiger partial charge in [-0.15, -0.1) is 0 Å². The van der Waals surface area contributed by atoms with Gasteiger partial charge < -0.3 is 0 Å². The number of aromatic nitrogens is 1. The van der Waals surface area contributed by atoms with E-state index in [2.05, 4.69) is 15.6 Å². The van der Waals surface area contributed by atoms with Crippen molar-refractivity contribution in [1.29, 1.82) is 0 Å². The highest BCUT2D eigenvalue weighted by atomic mass is 35.5. The highest BCUT2D eigenvalue weighted by Gasteiger charge is 2.15. The molecule has 3 aromatic rings. The first-order valence-electron chi connectivity index (χ1n) is 8.46. The van der Waals surface area contributed by atoms with Gasteiger partial charge in [-0.1, -0.05) is 35.9 Å². The van der Waals surface area contributed by atoms with E-state index in [1.54, 1.807) is 43.3 Å². The van der Waals surface area contributed by atoms with Crippen molar-refractivity contribution in [2.75, 3.05) is 5.32 Å². The Morgan fingerprint density at radius 3 is 2.36 bits per heavy atom. The van der Waals surface area contributed by atoms with E-state index in [-0.39, 0.29) is 16.4 Å². The Kier molecular flexibility index (Phi) is 5.70. The van der Waals surface area contributed by atoms with Crippen LogP contribution in [-0.2, 0) is 0 Å². The Hall–Kier alpha value is -3.25. The molecule has 0 bridgehead atoms. The van der Waals surface area contributed by atoms with Gasteiger partial charge in [0.15, 0.2) is 0 Å². The van der Waals surface area contributed by atoms with Gasteiger partial charge in [-0.2, -0.15) is 0 Å². The molecule has 5 nitrogen and oxygen atoms in total. The van der Waals surface area contributed by atoms with Gasteiger partial charge in [-0.25, -0.2) is 14.2 Å². The second-order valence-electron chi connectivity index (χ2n) is 6.18. The molecule has 0 atom stereocenters. The van der Waals surface area contributed by atoms with Gasteiger partial charge in [0.05, 0.1) is 10.6 Å². The number of nitrogens with one attached hydrogen (secondary N) is 2. The number of nitrogens with zero attached hydrogens (tertiary/aromatic N) is 1. The van der Waals surface area contributed by atoms with Crippen molar-refractivity contribution in [3.05, 3.63) is 82.3 Å². The number of pyridine rings is 1. The highest BCUT2D eigenvalue weighted by Crippen LogP contribution is 2.28. The summed E-state index contributed by atoms with van der Waals surface area (Å²) in [6, 6.07) is 13.5. The Morgan fingerprint density at radius 1 is 1.04 bits per heavy atom. The van der Waals surface area contributed by atoms with Crippen LogP contribution in [0.3, 0.4) is 0 Å². The molecular weight excluding hydrogens is 381 g/mol. The Morgan fingerprint density at radius 2 is 1.71 bits per heavy atom. The van der Waals surface area contributed by atoms with E-state index < -0.39 is 11.9 Å². The summed E-state index contributed by atoms with van der Waals surface area (Å²) in [5.74, 6) is -0.630. The first-order chi connectivity index (χ1) is 13.3. The molecule has 0 aliphatic carbocycles. The lowest BCUT2D eigenvalue weighted by Gasteiger charge is -2.13. The van der Waals surface area contributed by atoms with Crippen molar-refractivity contribution >= 4 is 29.4 Å². The zero-order valence-corrected chi connectivity index (χ0v) is 16.0. The van der Waals surface area contributed by atoms with E-state index in [1.807, 2.05) is 6.92 Å². The number of anilines is 1. The molecule has 0 radical (unpaired) electrons. The van der Waals surface area contributed by atoms with Crippen LogP contribution in [0.4, 0.5) is 15.0 Å². The number of hydrogen-bond donors (Lipinski definition) is 2. The average Bonchev–Trinajstić information content (AvgIpc) is 2.63. The topological polar surface area (TPSA) is 71.1 Å². The number of benzene rings is 2. The minimum absolute atomic E-state index is 0.200. The molecule has 28 heavy (non-hydrogen) atoms. The van der Waals surface area contributed by atoms with E-state index in [1.165, 1.54) is 18.2 Å². The molecule has 0 unspecified atom stereocenters. The summed E-state index contributed by atoms with van der Waals surface area (Å²) in [7, 11) is 0. The van der Waals surface area contributed by atoms with Crippen LogP contribution in [0.1, 0.15) is 21.6 Å². The summed E-state index contributed by atoms with van der Waals surface area (Å²) < 4.78 is 13.2. The van der Waals surface area contributed by atoms with Gasteiger partial charge in [-0.05, 0) is 55.3 Å². The van der Waals surface area contributed by atoms with Crippen LogP contribution in [0.2, 0.25) is 5.02 Å². The van der Waals surface area contributed by atoms with Crippen molar-refractivity contribution in [2.24, 2.45) is 0 Å². The highest BCUT2D eigenvalue weighted by molar-refractivity contribution is 6.34. The summed E-state index contributed by atoms with van der Waals surface area (Å²) in [4.78, 5) is 28.7. The fraction of sp³-hybridized carbons (Fsp3) is 0.0952. The van der Waals surface area contributed by atoms with Gasteiger partial charge in [-0.3, -0.25) is 15.4 Å². The van der Waals surface area contributed by atoms with Crippen LogP contribution < -0.4 is 10.6 Å². The van der Waals surface area contributed by atoms with E-state index in [4.69, 9.17) is 11.6 Å². The molecule has 3 rings (SSSR count). The zero-order chi connectivity index (χ0) is 20.3. The lowest BCUT2D eigenvalue weighted by molar-refractivity contribution is 0.0967. The maximum absolute atomic E-state index is 13.2. The summed E-state index contributed by atoms with van der Waals surface area (Å²) in [5.41, 5.74) is 3.41. The first-order valence-corrected chi connectivity index (χ1v) is 8.84. The molecule has 1 aromatic heterocycles. The number of aryl methyl sites for hydroxylation is 2. The number of rotatable bonds is 3. The van der Waals surface area contributed by atoms with Gasteiger partial charge >= 0.3 is 6.03 Å². The largest absolute Gasteiger partial charge is 0.327 e. The lowest BCUT2D eigenvalue weighted by atomic mass is 9.99. The normalized spacial score (nSPS) is 10.4. The molecule has 0 spiro atoms. The number of carbonyl (C=O) groups is 2. The molecule has 1 heterocycles. The molecule has 0 aliphatic heterocycles. The summed E-state index contributed by atoms with van der Waals surface area (Å²) >= 11 is 5.96. The SMILES string of the molecule is Cc1cc(NC(=O)NC(=O)c2ccccc2Cl)nc(C)c1-c1ccc(F)cc1. The first kappa shape index (κ1) is 19.5. The van der Waals surface area contributed by atoms with Crippen molar-refractivity contribution in [1.82, 2.24) is 10.3 Å². The summed E-state index contributed by atoms with van der Waals surface area (Å²) in [5, 5.41) is 5.02. The molecule has 0 fully saturated rings. The smallest absolute Gasteiger partial charge is 0.292 e. The van der Waals surface area contributed by atoms with Crippen molar-refractivity contribution < 1.29 is 14.0 Å². The molecule has 3 amide bonds. The Bertz CT molecular complexity index is 1030. The van der Waals surface area contributed by atoms with Crippen LogP contribution >= 0.6 is 11.6 Å². The van der Waals surface area contributed by atoms with Gasteiger partial charge in [0, 0.05) is 11.3 Å². The van der Waals surface area contributed by atoms with Crippen LogP contribution in [0.15, 0.2) is 54.6 Å². The third kappa shape index (κ3) is 4.35. The molecule has 7 heteroatoms. The molecular formula is C21H17ClFN3O2. The third-order valence-electron chi connectivity index (χ3n) is 4.12. The summed E-state index contributed by atoms with van der Waals surface area (Å²) in [6.07, 6.45) is 0. The number of hydrogen-bond acceptors (Lipinski definition) is 3. The second kappa shape index (κ2) is 8.19. The van der Waals surface area contributed by atoms with Crippen molar-refractivity contribution in [3.8, 4) is 11.1 Å². The van der Waals surface area contributed by atoms with E-state index in [0.29, 0.717) is 11.5 Å². The van der Waals surface area contributed by atoms with Crippen LogP contribution in [0.5, 0.6) is 0 Å². The molecule has 0 saturated carbocycles. The fourth-order valence-corrected chi connectivity index (χ4v) is 3.13. The predicted molar refractivity (Wildman–Crippen MR) is 107 cm³/mol. The fourth-order valence-electron chi connectivity index (χ4n) is 2.91. The monoisotopic (exact) mass is 397 g/mol. The predicted octanol–water partition coefficient (Wildman–Crippen LogP) is 5.12. The van der Waals surface area contributed by atoms with E-state index in [9.17, 15) is 14.0 Å². The standard InChI is InChI=1S/C21H17ClFN3O2/c1-12-11-18(24-13(2)19(12)14-7-9-15(23)10-8-14)25-21(28)26-20(27)16-5-3-4-6-17(16)22/h3-11H,1-2H3,(H2,24,25,26,27,28). The molecule has 0 aliphatic rings. The number of imide groups is 1. The number of amides is 3.